The fourth-order valence-corrected chi connectivity index (χ4v) is 5.44. The van der Waals surface area contributed by atoms with Crippen molar-refractivity contribution in [2.75, 3.05) is 0 Å². The van der Waals surface area contributed by atoms with Gasteiger partial charge >= 0.3 is 5.97 Å². The maximum absolute atomic E-state index is 13.0. The summed E-state index contributed by atoms with van der Waals surface area (Å²) < 4.78 is 25.9. The van der Waals surface area contributed by atoms with E-state index in [1.165, 1.54) is 12.1 Å². The van der Waals surface area contributed by atoms with Gasteiger partial charge in [-0.25, -0.2) is 8.42 Å². The van der Waals surface area contributed by atoms with Crippen molar-refractivity contribution in [2.24, 2.45) is 5.41 Å². The van der Waals surface area contributed by atoms with Crippen molar-refractivity contribution in [2.45, 2.75) is 23.0 Å². The predicted octanol–water partition coefficient (Wildman–Crippen LogP) is 2.53. The van der Waals surface area contributed by atoms with Crippen LogP contribution in [-0.4, -0.2) is 24.7 Å². The zero-order chi connectivity index (χ0) is 17.5. The molecular weight excluding hydrogens is 326 g/mol. The van der Waals surface area contributed by atoms with Gasteiger partial charge in [0.25, 0.3) is 0 Å². The Labute approximate surface area is 140 Å². The maximum Gasteiger partial charge on any atom is 0.326 e. The average Bonchev–Trinajstić information content (AvgIpc) is 3.28. The van der Waals surface area contributed by atoms with E-state index in [-0.39, 0.29) is 4.90 Å². The van der Waals surface area contributed by atoms with E-state index < -0.39 is 32.4 Å². The highest BCUT2D eigenvalue weighted by Crippen LogP contribution is 2.63. The molecule has 0 aliphatic heterocycles. The molecule has 122 valence electrons. The lowest BCUT2D eigenvalue weighted by Gasteiger charge is -2.05. The van der Waals surface area contributed by atoms with Crippen molar-refractivity contribution in [3.8, 4) is 6.07 Å². The lowest BCUT2D eigenvalue weighted by atomic mass is 10.0. The van der Waals surface area contributed by atoms with Gasteiger partial charge in [-0.05, 0) is 24.6 Å². The summed E-state index contributed by atoms with van der Waals surface area (Å²) in [6, 6.07) is 16.4. The molecule has 1 aliphatic carbocycles. The zero-order valence-corrected chi connectivity index (χ0v) is 13.7. The van der Waals surface area contributed by atoms with Gasteiger partial charge in [-0.1, -0.05) is 48.0 Å². The molecular formula is C18H15NO4S. The van der Waals surface area contributed by atoms with Crippen LogP contribution in [-0.2, 0) is 14.6 Å². The van der Waals surface area contributed by atoms with Gasteiger partial charge < -0.3 is 5.11 Å². The fourth-order valence-electron chi connectivity index (χ4n) is 3.19. The minimum atomic E-state index is -3.95. The first-order valence-electron chi connectivity index (χ1n) is 7.36. The smallest absolute Gasteiger partial charge is 0.326 e. The predicted molar refractivity (Wildman–Crippen MR) is 87.0 cm³/mol. The van der Waals surface area contributed by atoms with Crippen molar-refractivity contribution < 1.29 is 18.3 Å². The number of aryl methyl sites for hydroxylation is 1. The van der Waals surface area contributed by atoms with Gasteiger partial charge in [-0.15, -0.1) is 0 Å². The zero-order valence-electron chi connectivity index (χ0n) is 12.9. The van der Waals surface area contributed by atoms with E-state index in [1.807, 2.05) is 6.92 Å². The molecule has 1 fully saturated rings. The Bertz CT molecular complexity index is 929. The molecule has 0 radical (unpaired) electrons. The third-order valence-corrected chi connectivity index (χ3v) is 6.76. The van der Waals surface area contributed by atoms with Crippen molar-refractivity contribution >= 4 is 15.8 Å². The lowest BCUT2D eigenvalue weighted by molar-refractivity contribution is -0.141. The third-order valence-electron chi connectivity index (χ3n) is 4.51. The molecule has 2 aromatic carbocycles. The molecule has 1 aliphatic rings. The number of carboxylic acid groups (broad SMARTS) is 1. The van der Waals surface area contributed by atoms with Gasteiger partial charge in [-0.2, -0.15) is 5.26 Å². The van der Waals surface area contributed by atoms with Crippen LogP contribution in [0.4, 0.5) is 0 Å². The van der Waals surface area contributed by atoms with Crippen LogP contribution in [0.25, 0.3) is 0 Å². The summed E-state index contributed by atoms with van der Waals surface area (Å²) in [5, 5.41) is 17.8. The molecule has 3 rings (SSSR count). The van der Waals surface area contributed by atoms with E-state index in [0.717, 1.165) is 5.56 Å². The van der Waals surface area contributed by atoms with Crippen LogP contribution in [0.1, 0.15) is 17.0 Å². The Balaban J connectivity index is 2.13. The largest absolute Gasteiger partial charge is 0.480 e. The third kappa shape index (κ3) is 2.21. The summed E-state index contributed by atoms with van der Waals surface area (Å²) in [7, 11) is -3.95. The second kappa shape index (κ2) is 5.46. The quantitative estimate of drug-likeness (QED) is 0.922. The topological polar surface area (TPSA) is 95.2 Å². The molecule has 24 heavy (non-hydrogen) atoms. The number of nitriles is 1. The van der Waals surface area contributed by atoms with E-state index in [4.69, 9.17) is 0 Å². The van der Waals surface area contributed by atoms with Gasteiger partial charge in [-0.3, -0.25) is 4.79 Å². The average molecular weight is 341 g/mol. The normalized spacial score (nSPS) is 25.7. The number of rotatable bonds is 4. The molecule has 0 spiro atoms. The van der Waals surface area contributed by atoms with Crippen LogP contribution < -0.4 is 0 Å². The number of nitrogens with zero attached hydrogens (tertiary/aromatic N) is 1. The molecule has 1 N–H and O–H groups in total. The summed E-state index contributed by atoms with van der Waals surface area (Å²) in [5.41, 5.74) is -0.512. The molecule has 0 heterocycles. The lowest BCUT2D eigenvalue weighted by Crippen LogP contribution is -2.22. The number of hydrogen-bond donors (Lipinski definition) is 1. The Hall–Kier alpha value is -2.65. The summed E-state index contributed by atoms with van der Waals surface area (Å²) in [6.45, 7) is 1.83. The molecule has 6 heteroatoms. The van der Waals surface area contributed by atoms with Crippen LogP contribution in [0.2, 0.25) is 0 Å². The van der Waals surface area contributed by atoms with Crippen LogP contribution >= 0.6 is 0 Å². The number of benzene rings is 2. The maximum atomic E-state index is 13.0. The molecule has 3 atom stereocenters. The molecule has 5 nitrogen and oxygen atoms in total. The summed E-state index contributed by atoms with van der Waals surface area (Å²) in [4.78, 5) is 11.8. The molecule has 0 bridgehead atoms. The van der Waals surface area contributed by atoms with Gasteiger partial charge in [0.05, 0.1) is 11.0 Å². The number of hydrogen-bond acceptors (Lipinski definition) is 4. The van der Waals surface area contributed by atoms with E-state index in [9.17, 15) is 23.6 Å². The molecule has 0 saturated heterocycles. The highest BCUT2D eigenvalue weighted by molar-refractivity contribution is 7.92. The van der Waals surface area contributed by atoms with Crippen LogP contribution in [0, 0.1) is 23.7 Å². The van der Waals surface area contributed by atoms with Crippen molar-refractivity contribution in [3.63, 3.8) is 0 Å². The second-order valence-electron chi connectivity index (χ2n) is 5.95. The summed E-state index contributed by atoms with van der Waals surface area (Å²) >= 11 is 0. The van der Waals surface area contributed by atoms with Crippen molar-refractivity contribution in [1.29, 1.82) is 5.26 Å². The second-order valence-corrected chi connectivity index (χ2v) is 8.02. The van der Waals surface area contributed by atoms with E-state index >= 15 is 0 Å². The molecule has 0 unspecified atom stereocenters. The van der Waals surface area contributed by atoms with E-state index in [1.54, 1.807) is 48.5 Å². The van der Waals surface area contributed by atoms with Crippen LogP contribution in [0.5, 0.6) is 0 Å². The number of carbonyl (C=O) groups is 1. The minimum absolute atomic E-state index is 0.0393. The van der Waals surface area contributed by atoms with Gasteiger partial charge in [0.1, 0.15) is 5.25 Å². The van der Waals surface area contributed by atoms with Crippen molar-refractivity contribution in [3.05, 3.63) is 65.7 Å². The van der Waals surface area contributed by atoms with Gasteiger partial charge in [0.2, 0.25) is 0 Å². The first-order chi connectivity index (χ1) is 11.4. The standard InChI is InChI=1S/C18H15NO4S/c1-12-7-9-14(10-8-12)24(22,23)16-15(13-5-3-2-4-6-13)18(16,11-19)17(20)21/h2-10,15-16H,1H3,(H,20,21)/t15-,16+,18-/m0/s1. The SMILES string of the molecule is Cc1ccc(S(=O)(=O)[C@@H]2[C@H](c3ccccc3)[C@]2(C#N)C(=O)O)cc1. The molecule has 1 saturated carbocycles. The summed E-state index contributed by atoms with van der Waals surface area (Å²) in [6.07, 6.45) is 0. The minimum Gasteiger partial charge on any atom is -0.480 e. The highest BCUT2D eigenvalue weighted by atomic mass is 32.2. The van der Waals surface area contributed by atoms with Crippen LogP contribution in [0.3, 0.4) is 0 Å². The fraction of sp³-hybridized carbons (Fsp3) is 0.222. The number of carboxylic acids is 1. The Kier molecular flexibility index (Phi) is 3.69. The molecule has 0 aromatic heterocycles. The number of sulfone groups is 1. The molecule has 0 amide bonds. The van der Waals surface area contributed by atoms with Gasteiger partial charge in [0.15, 0.2) is 15.3 Å². The van der Waals surface area contributed by atoms with Gasteiger partial charge in [0, 0.05) is 5.92 Å². The number of aliphatic carboxylic acids is 1. The van der Waals surface area contributed by atoms with Crippen molar-refractivity contribution in [1.82, 2.24) is 0 Å². The monoisotopic (exact) mass is 341 g/mol. The summed E-state index contributed by atoms with van der Waals surface area (Å²) in [5.74, 6) is -2.29. The Morgan fingerprint density at radius 2 is 1.71 bits per heavy atom. The first-order valence-corrected chi connectivity index (χ1v) is 8.90. The van der Waals surface area contributed by atoms with Crippen LogP contribution in [0.15, 0.2) is 59.5 Å². The van der Waals surface area contributed by atoms with E-state index in [0.29, 0.717) is 5.56 Å². The van der Waals surface area contributed by atoms with E-state index in [2.05, 4.69) is 0 Å². The molecule has 2 aromatic rings. The Morgan fingerprint density at radius 3 is 2.21 bits per heavy atom. The first kappa shape index (κ1) is 16.2. The highest BCUT2D eigenvalue weighted by Gasteiger charge is 2.77. The Morgan fingerprint density at radius 1 is 1.12 bits per heavy atom.